The van der Waals surface area contributed by atoms with Crippen molar-refractivity contribution in [1.82, 2.24) is 9.47 Å². The van der Waals surface area contributed by atoms with Gasteiger partial charge in [0.25, 0.3) is 0 Å². The van der Waals surface area contributed by atoms with Crippen molar-refractivity contribution < 1.29 is 19.1 Å². The van der Waals surface area contributed by atoms with Crippen molar-refractivity contribution >= 4 is 46.1 Å². The predicted molar refractivity (Wildman–Crippen MR) is 132 cm³/mol. The van der Waals surface area contributed by atoms with E-state index in [4.69, 9.17) is 4.74 Å². The van der Waals surface area contributed by atoms with E-state index in [1.165, 1.54) is 11.8 Å². The molecule has 8 heteroatoms. The highest BCUT2D eigenvalue weighted by molar-refractivity contribution is 8.00. The normalized spacial score (nSPS) is 10.8. The zero-order chi connectivity index (χ0) is 23.8. The summed E-state index contributed by atoms with van der Waals surface area (Å²) in [5, 5.41) is 3.86. The first-order valence-corrected chi connectivity index (χ1v) is 12.0. The van der Waals surface area contributed by atoms with Crippen LogP contribution >= 0.6 is 11.8 Å². The number of fused-ring (bicyclic) bond motifs is 1. The Balaban J connectivity index is 1.65. The number of rotatable bonds is 10. The van der Waals surface area contributed by atoms with Crippen molar-refractivity contribution in [1.29, 1.82) is 0 Å². The molecule has 7 nitrogen and oxygen atoms in total. The van der Waals surface area contributed by atoms with Crippen LogP contribution in [0.4, 0.5) is 5.69 Å². The Morgan fingerprint density at radius 3 is 2.36 bits per heavy atom. The van der Waals surface area contributed by atoms with Gasteiger partial charge in [-0.3, -0.25) is 9.59 Å². The van der Waals surface area contributed by atoms with Gasteiger partial charge in [-0.2, -0.15) is 0 Å². The molecule has 174 valence electrons. The monoisotopic (exact) mass is 467 g/mol. The molecule has 0 aliphatic carbocycles. The second-order valence-corrected chi connectivity index (χ2v) is 8.36. The maximum Gasteiger partial charge on any atom is 0.338 e. The van der Waals surface area contributed by atoms with Crippen molar-refractivity contribution in [3.63, 3.8) is 0 Å². The molecule has 33 heavy (non-hydrogen) atoms. The van der Waals surface area contributed by atoms with E-state index in [-0.39, 0.29) is 30.1 Å². The fraction of sp³-hybridized carbons (Fsp3) is 0.320. The second-order valence-electron chi connectivity index (χ2n) is 7.34. The summed E-state index contributed by atoms with van der Waals surface area (Å²) in [5.41, 5.74) is 2.02. The number of nitrogens with zero attached hydrogens (tertiary/aromatic N) is 2. The van der Waals surface area contributed by atoms with Crippen LogP contribution in [0.3, 0.4) is 0 Å². The molecule has 1 heterocycles. The van der Waals surface area contributed by atoms with Crippen LogP contribution < -0.4 is 5.32 Å². The maximum atomic E-state index is 12.6. The fourth-order valence-electron chi connectivity index (χ4n) is 3.53. The van der Waals surface area contributed by atoms with E-state index in [1.807, 2.05) is 53.8 Å². The Labute approximate surface area is 198 Å². The molecule has 0 atom stereocenters. The quantitative estimate of drug-likeness (QED) is 0.353. The summed E-state index contributed by atoms with van der Waals surface area (Å²) in [6, 6.07) is 14.5. The number of nitrogens with one attached hydrogen (secondary N) is 1. The standard InChI is InChI=1S/C25H29N3O4S/c1-4-27(5-2)24(30)16-28-15-22(20-9-7-8-10-21(20)28)33-17-23(29)26-19-13-11-18(12-14-19)25(31)32-6-3/h7-15H,4-6,16-17H2,1-3H3,(H,26,29). The maximum absolute atomic E-state index is 12.6. The van der Waals surface area contributed by atoms with Crippen LogP contribution in [0.5, 0.6) is 0 Å². The van der Waals surface area contributed by atoms with Crippen LogP contribution in [0, 0.1) is 0 Å². The minimum Gasteiger partial charge on any atom is -0.462 e. The van der Waals surface area contributed by atoms with E-state index in [9.17, 15) is 14.4 Å². The molecule has 0 fully saturated rings. The third-order valence-corrected chi connectivity index (χ3v) is 6.26. The molecule has 0 bridgehead atoms. The van der Waals surface area contributed by atoms with Crippen LogP contribution in [0.2, 0.25) is 0 Å². The van der Waals surface area contributed by atoms with Gasteiger partial charge in [-0.1, -0.05) is 18.2 Å². The summed E-state index contributed by atoms with van der Waals surface area (Å²) in [6.45, 7) is 7.63. The fourth-order valence-corrected chi connectivity index (χ4v) is 4.41. The van der Waals surface area contributed by atoms with E-state index >= 15 is 0 Å². The summed E-state index contributed by atoms with van der Waals surface area (Å²) in [6.07, 6.45) is 1.94. The lowest BCUT2D eigenvalue weighted by molar-refractivity contribution is -0.131. The molecule has 2 amide bonds. The van der Waals surface area contributed by atoms with Gasteiger partial charge in [0.05, 0.1) is 17.9 Å². The van der Waals surface area contributed by atoms with E-state index in [0.717, 1.165) is 15.8 Å². The molecule has 3 aromatic rings. The highest BCUT2D eigenvalue weighted by Gasteiger charge is 2.15. The van der Waals surface area contributed by atoms with Gasteiger partial charge in [0, 0.05) is 40.8 Å². The Hall–Kier alpha value is -3.26. The summed E-state index contributed by atoms with van der Waals surface area (Å²) < 4.78 is 6.92. The lowest BCUT2D eigenvalue weighted by Crippen LogP contribution is -2.33. The van der Waals surface area contributed by atoms with Crippen LogP contribution in [-0.4, -0.2) is 52.7 Å². The number of carbonyl (C=O) groups excluding carboxylic acids is 3. The number of para-hydroxylation sites is 1. The molecule has 0 spiro atoms. The number of aromatic nitrogens is 1. The molecule has 0 aliphatic heterocycles. The van der Waals surface area contributed by atoms with Crippen molar-refractivity contribution in [2.75, 3.05) is 30.8 Å². The van der Waals surface area contributed by atoms with Crippen molar-refractivity contribution in [2.24, 2.45) is 0 Å². The third kappa shape index (κ3) is 6.16. The second kappa shape index (κ2) is 11.6. The summed E-state index contributed by atoms with van der Waals surface area (Å²) in [4.78, 5) is 39.6. The van der Waals surface area contributed by atoms with Gasteiger partial charge in [0.2, 0.25) is 11.8 Å². The van der Waals surface area contributed by atoms with E-state index in [2.05, 4.69) is 5.32 Å². The summed E-state index contributed by atoms with van der Waals surface area (Å²) in [5.74, 6) is -0.250. The average Bonchev–Trinajstić information content (AvgIpc) is 3.16. The molecule has 1 N–H and O–H groups in total. The number of likely N-dealkylation sites (N-methyl/N-ethyl adjacent to an activating group) is 1. The number of anilines is 1. The lowest BCUT2D eigenvalue weighted by Gasteiger charge is -2.19. The number of benzene rings is 2. The zero-order valence-corrected chi connectivity index (χ0v) is 20.0. The molecular weight excluding hydrogens is 438 g/mol. The van der Waals surface area contributed by atoms with Crippen LogP contribution in [0.1, 0.15) is 31.1 Å². The highest BCUT2D eigenvalue weighted by atomic mass is 32.2. The van der Waals surface area contributed by atoms with Crippen LogP contribution in [0.25, 0.3) is 10.9 Å². The Bertz CT molecular complexity index is 1120. The number of esters is 1. The van der Waals surface area contributed by atoms with Crippen molar-refractivity contribution in [2.45, 2.75) is 32.2 Å². The number of thioether (sulfide) groups is 1. The molecule has 0 aliphatic rings. The molecule has 2 aromatic carbocycles. The Kier molecular flexibility index (Phi) is 8.54. The first-order chi connectivity index (χ1) is 16.0. The first-order valence-electron chi connectivity index (χ1n) is 11.0. The minimum absolute atomic E-state index is 0.0707. The van der Waals surface area contributed by atoms with E-state index in [0.29, 0.717) is 30.9 Å². The first kappa shape index (κ1) is 24.4. The van der Waals surface area contributed by atoms with Crippen molar-refractivity contribution in [3.8, 4) is 0 Å². The van der Waals surface area contributed by atoms with E-state index in [1.54, 1.807) is 31.2 Å². The van der Waals surface area contributed by atoms with Gasteiger partial charge < -0.3 is 19.5 Å². The molecule has 3 rings (SSSR count). The van der Waals surface area contributed by atoms with Gasteiger partial charge >= 0.3 is 5.97 Å². The molecule has 1 aromatic heterocycles. The summed E-state index contributed by atoms with van der Waals surface area (Å²) in [7, 11) is 0. The average molecular weight is 468 g/mol. The third-order valence-electron chi connectivity index (χ3n) is 5.21. The zero-order valence-electron chi connectivity index (χ0n) is 19.2. The highest BCUT2D eigenvalue weighted by Crippen LogP contribution is 2.30. The Morgan fingerprint density at radius 2 is 1.70 bits per heavy atom. The molecule has 0 unspecified atom stereocenters. The lowest BCUT2D eigenvalue weighted by atomic mass is 10.2. The SMILES string of the molecule is CCOC(=O)c1ccc(NC(=O)CSc2cn(CC(=O)N(CC)CC)c3ccccc23)cc1. The van der Waals surface area contributed by atoms with Crippen molar-refractivity contribution in [3.05, 3.63) is 60.3 Å². The number of ether oxygens (including phenoxy) is 1. The molecule has 0 saturated heterocycles. The molecule has 0 radical (unpaired) electrons. The molecular formula is C25H29N3O4S. The minimum atomic E-state index is -0.387. The smallest absolute Gasteiger partial charge is 0.338 e. The number of carbonyl (C=O) groups is 3. The Morgan fingerprint density at radius 1 is 1.00 bits per heavy atom. The topological polar surface area (TPSA) is 80.6 Å². The van der Waals surface area contributed by atoms with Gasteiger partial charge in [-0.05, 0) is 51.1 Å². The van der Waals surface area contributed by atoms with Crippen LogP contribution in [-0.2, 0) is 20.9 Å². The summed E-state index contributed by atoms with van der Waals surface area (Å²) >= 11 is 1.43. The van der Waals surface area contributed by atoms with E-state index < -0.39 is 0 Å². The largest absolute Gasteiger partial charge is 0.462 e. The number of hydrogen-bond acceptors (Lipinski definition) is 5. The van der Waals surface area contributed by atoms with Gasteiger partial charge in [0.1, 0.15) is 6.54 Å². The van der Waals surface area contributed by atoms with Gasteiger partial charge in [0.15, 0.2) is 0 Å². The number of hydrogen-bond donors (Lipinski definition) is 1. The molecule has 0 saturated carbocycles. The number of amides is 2. The van der Waals surface area contributed by atoms with Crippen LogP contribution in [0.15, 0.2) is 59.6 Å². The van der Waals surface area contributed by atoms with Gasteiger partial charge in [-0.25, -0.2) is 4.79 Å². The predicted octanol–water partition coefficient (Wildman–Crippen LogP) is 4.42. The van der Waals surface area contributed by atoms with Gasteiger partial charge in [-0.15, -0.1) is 11.8 Å².